The van der Waals surface area contributed by atoms with Crippen LogP contribution in [-0.2, 0) is 4.79 Å². The average Bonchev–Trinajstić information content (AvgIpc) is 2.74. The Hall–Kier alpha value is -3.13. The number of rotatable bonds is 3. The lowest BCUT2D eigenvalue weighted by Crippen LogP contribution is -2.54. The third-order valence-electron chi connectivity index (χ3n) is 4.72. The molecule has 0 spiro atoms. The average molecular weight is 433 g/mol. The molecule has 9 heteroatoms. The number of benzene rings is 2. The van der Waals surface area contributed by atoms with Crippen molar-refractivity contribution < 1.29 is 18.7 Å². The van der Waals surface area contributed by atoms with Crippen LogP contribution < -0.4 is 10.1 Å². The molecule has 0 aromatic heterocycles. The Morgan fingerprint density at radius 1 is 1.07 bits per heavy atom. The number of ether oxygens (including phenoxy) is 1. The molecule has 2 aromatic rings. The number of carbonyl (C=O) groups excluding carboxylic acids is 2. The van der Waals surface area contributed by atoms with Crippen molar-refractivity contribution >= 4 is 35.1 Å². The molecular formula is C21H22ClFN4O3. The highest BCUT2D eigenvalue weighted by molar-refractivity contribution is 6.30. The number of guanidine groups is 1. The summed E-state index contributed by atoms with van der Waals surface area (Å²) in [5.41, 5.74) is 0.748. The molecule has 1 fully saturated rings. The van der Waals surface area contributed by atoms with E-state index in [1.165, 1.54) is 38.3 Å². The number of carbonyl (C=O) groups is 2. The first-order valence-corrected chi connectivity index (χ1v) is 9.75. The van der Waals surface area contributed by atoms with Gasteiger partial charge in [-0.3, -0.25) is 14.9 Å². The van der Waals surface area contributed by atoms with Crippen LogP contribution in [0.4, 0.5) is 10.1 Å². The molecule has 1 heterocycles. The molecular weight excluding hydrogens is 411 g/mol. The summed E-state index contributed by atoms with van der Waals surface area (Å²) in [5.74, 6) is -0.0587. The Labute approximate surface area is 179 Å². The number of hydrogen-bond acceptors (Lipinski definition) is 4. The monoisotopic (exact) mass is 432 g/mol. The number of hydrogen-bond donors (Lipinski definition) is 1. The van der Waals surface area contributed by atoms with E-state index >= 15 is 0 Å². The highest BCUT2D eigenvalue weighted by atomic mass is 35.5. The van der Waals surface area contributed by atoms with Gasteiger partial charge in [-0.05, 0) is 42.5 Å². The summed E-state index contributed by atoms with van der Waals surface area (Å²) in [6, 6.07) is 10.2. The summed E-state index contributed by atoms with van der Waals surface area (Å²) < 4.78 is 18.5. The molecule has 0 aliphatic carbocycles. The zero-order valence-electron chi connectivity index (χ0n) is 16.7. The number of amides is 2. The lowest BCUT2D eigenvalue weighted by atomic mass is 10.2. The van der Waals surface area contributed by atoms with E-state index in [1.807, 2.05) is 4.90 Å². The minimum Gasteiger partial charge on any atom is -0.494 e. The Morgan fingerprint density at radius 3 is 2.30 bits per heavy atom. The summed E-state index contributed by atoms with van der Waals surface area (Å²) in [4.78, 5) is 32.6. The minimum atomic E-state index is -0.427. The number of nitrogens with zero attached hydrogens (tertiary/aromatic N) is 3. The fourth-order valence-electron chi connectivity index (χ4n) is 3.05. The first-order chi connectivity index (χ1) is 14.4. The molecule has 2 aromatic carbocycles. The summed E-state index contributed by atoms with van der Waals surface area (Å²) in [6.07, 6.45) is 0. The smallest absolute Gasteiger partial charge is 0.257 e. The summed E-state index contributed by atoms with van der Waals surface area (Å²) in [6.45, 7) is 3.52. The van der Waals surface area contributed by atoms with E-state index in [0.29, 0.717) is 54.2 Å². The number of aliphatic imine (C=N–C) groups is 1. The van der Waals surface area contributed by atoms with Crippen LogP contribution in [0.25, 0.3) is 0 Å². The van der Waals surface area contributed by atoms with Crippen LogP contribution in [0.3, 0.4) is 0 Å². The zero-order valence-corrected chi connectivity index (χ0v) is 17.4. The molecule has 0 saturated carbocycles. The van der Waals surface area contributed by atoms with Crippen LogP contribution in [-0.4, -0.2) is 60.9 Å². The molecule has 0 radical (unpaired) electrons. The quantitative estimate of drug-likeness (QED) is 0.597. The molecule has 158 valence electrons. The van der Waals surface area contributed by atoms with Gasteiger partial charge in [-0.25, -0.2) is 9.38 Å². The Kier molecular flexibility index (Phi) is 6.89. The van der Waals surface area contributed by atoms with Crippen LogP contribution in [0.15, 0.2) is 47.5 Å². The Balaban J connectivity index is 1.90. The van der Waals surface area contributed by atoms with Crippen molar-refractivity contribution in [3.05, 3.63) is 58.9 Å². The topological polar surface area (TPSA) is 74.2 Å². The lowest BCUT2D eigenvalue weighted by molar-refractivity contribution is -0.130. The Bertz CT molecular complexity index is 957. The van der Waals surface area contributed by atoms with Crippen molar-refractivity contribution in [3.8, 4) is 5.75 Å². The van der Waals surface area contributed by atoms with Crippen molar-refractivity contribution in [2.75, 3.05) is 33.3 Å². The molecule has 7 nitrogen and oxygen atoms in total. The van der Waals surface area contributed by atoms with Crippen LogP contribution in [0, 0.1) is 5.82 Å². The van der Waals surface area contributed by atoms with Crippen molar-refractivity contribution in [3.63, 3.8) is 0 Å². The molecule has 1 saturated heterocycles. The zero-order chi connectivity index (χ0) is 21.7. The maximum atomic E-state index is 13.2. The van der Waals surface area contributed by atoms with E-state index in [9.17, 15) is 14.0 Å². The van der Waals surface area contributed by atoms with Gasteiger partial charge in [0, 0.05) is 43.7 Å². The number of methoxy groups -OCH3 is 1. The van der Waals surface area contributed by atoms with Gasteiger partial charge < -0.3 is 14.5 Å². The number of nitrogens with one attached hydrogen (secondary N) is 1. The predicted molar refractivity (Wildman–Crippen MR) is 113 cm³/mol. The number of piperazine rings is 1. The number of halogens is 2. The van der Waals surface area contributed by atoms with Gasteiger partial charge >= 0.3 is 0 Å². The van der Waals surface area contributed by atoms with Gasteiger partial charge in [-0.15, -0.1) is 0 Å². The van der Waals surface area contributed by atoms with E-state index in [-0.39, 0.29) is 5.91 Å². The second kappa shape index (κ2) is 9.58. The Morgan fingerprint density at radius 2 is 1.70 bits per heavy atom. The largest absolute Gasteiger partial charge is 0.494 e. The molecule has 2 amide bonds. The molecule has 1 aliphatic rings. The molecule has 3 rings (SSSR count). The van der Waals surface area contributed by atoms with E-state index in [0.717, 1.165) is 0 Å². The molecule has 0 atom stereocenters. The van der Waals surface area contributed by atoms with Crippen molar-refractivity contribution in [2.24, 2.45) is 4.99 Å². The third kappa shape index (κ3) is 5.27. The van der Waals surface area contributed by atoms with Gasteiger partial charge in [0.05, 0.1) is 7.11 Å². The van der Waals surface area contributed by atoms with E-state index in [4.69, 9.17) is 16.3 Å². The van der Waals surface area contributed by atoms with Crippen LogP contribution in [0.2, 0.25) is 5.02 Å². The summed E-state index contributed by atoms with van der Waals surface area (Å²) in [5, 5.41) is 3.27. The second-order valence-electron chi connectivity index (χ2n) is 6.71. The SMILES string of the molecule is COc1ccc(Cl)cc1N=C(NC(=O)c1ccc(F)cc1)N1CCN(C(C)=O)CC1. The van der Waals surface area contributed by atoms with Crippen LogP contribution >= 0.6 is 11.6 Å². The fraction of sp³-hybridized carbons (Fsp3) is 0.286. The third-order valence-corrected chi connectivity index (χ3v) is 4.96. The molecule has 30 heavy (non-hydrogen) atoms. The van der Waals surface area contributed by atoms with Gasteiger partial charge in [0.15, 0.2) is 0 Å². The van der Waals surface area contributed by atoms with E-state index < -0.39 is 11.7 Å². The normalized spacial score (nSPS) is 14.5. The van der Waals surface area contributed by atoms with Crippen molar-refractivity contribution in [1.29, 1.82) is 0 Å². The first kappa shape index (κ1) is 21.6. The van der Waals surface area contributed by atoms with E-state index in [1.54, 1.807) is 23.1 Å². The van der Waals surface area contributed by atoms with Gasteiger partial charge in [-0.2, -0.15) is 0 Å². The van der Waals surface area contributed by atoms with Gasteiger partial charge in [0.25, 0.3) is 5.91 Å². The molecule has 0 bridgehead atoms. The van der Waals surface area contributed by atoms with Crippen LogP contribution in [0.5, 0.6) is 5.75 Å². The van der Waals surface area contributed by atoms with Gasteiger partial charge in [-0.1, -0.05) is 11.6 Å². The molecule has 1 N–H and O–H groups in total. The van der Waals surface area contributed by atoms with Gasteiger partial charge in [0.1, 0.15) is 17.3 Å². The summed E-state index contributed by atoms with van der Waals surface area (Å²) in [7, 11) is 1.52. The minimum absolute atomic E-state index is 0.00000281. The van der Waals surface area contributed by atoms with E-state index in [2.05, 4.69) is 10.3 Å². The first-order valence-electron chi connectivity index (χ1n) is 9.37. The van der Waals surface area contributed by atoms with Crippen molar-refractivity contribution in [1.82, 2.24) is 15.1 Å². The molecule has 0 unspecified atom stereocenters. The highest BCUT2D eigenvalue weighted by Gasteiger charge is 2.23. The summed E-state index contributed by atoms with van der Waals surface area (Å²) >= 11 is 6.11. The van der Waals surface area contributed by atoms with Gasteiger partial charge in [0.2, 0.25) is 11.9 Å². The molecule has 1 aliphatic heterocycles. The maximum absolute atomic E-state index is 13.2. The maximum Gasteiger partial charge on any atom is 0.257 e. The lowest BCUT2D eigenvalue weighted by Gasteiger charge is -2.36. The van der Waals surface area contributed by atoms with Crippen LogP contribution in [0.1, 0.15) is 17.3 Å². The standard InChI is InChI=1S/C21H22ClFN4O3/c1-14(28)26-9-11-27(12-10-26)21(24-18-13-16(22)5-8-19(18)30-2)25-20(29)15-3-6-17(23)7-4-15/h3-8,13H,9-12H2,1-2H3,(H,24,25,29). The van der Waals surface area contributed by atoms with Crippen molar-refractivity contribution in [2.45, 2.75) is 6.92 Å². The second-order valence-corrected chi connectivity index (χ2v) is 7.14. The fourth-order valence-corrected chi connectivity index (χ4v) is 3.22. The highest BCUT2D eigenvalue weighted by Crippen LogP contribution is 2.30. The predicted octanol–water partition coefficient (Wildman–Crippen LogP) is 3.07.